The Labute approximate surface area is 178 Å². The molecule has 0 aliphatic carbocycles. The van der Waals surface area contributed by atoms with E-state index in [1.807, 2.05) is 32.8 Å². The van der Waals surface area contributed by atoms with Crippen LogP contribution in [-0.2, 0) is 22.6 Å². The predicted octanol–water partition coefficient (Wildman–Crippen LogP) is 2.56. The average Bonchev–Trinajstić information content (AvgIpc) is 2.98. The molecule has 0 aliphatic heterocycles. The lowest BCUT2D eigenvalue weighted by Gasteiger charge is -2.16. The molecule has 0 spiro atoms. The van der Waals surface area contributed by atoms with Gasteiger partial charge in [-0.25, -0.2) is 9.78 Å². The molecule has 3 aromatic rings. The summed E-state index contributed by atoms with van der Waals surface area (Å²) in [7, 11) is 5.02. The Balaban J connectivity index is 2.00. The fraction of sp³-hybridized carbons (Fsp3) is 0.333. The number of methoxy groups -OCH3 is 1. The Bertz CT molecular complexity index is 1180. The molecule has 0 fully saturated rings. The SMILES string of the molecule is COC(=O)c1ccccc1NC(=O)Cn1c(CN(C)C)nc2sc(C)c(C)c2c1=O. The number of nitrogens with zero attached hydrogens (tertiary/aromatic N) is 3. The smallest absolute Gasteiger partial charge is 0.339 e. The average molecular weight is 429 g/mol. The van der Waals surface area contributed by atoms with E-state index in [4.69, 9.17) is 4.74 Å². The van der Waals surface area contributed by atoms with Crippen LogP contribution in [0.4, 0.5) is 5.69 Å². The molecule has 0 saturated carbocycles. The van der Waals surface area contributed by atoms with Gasteiger partial charge >= 0.3 is 5.97 Å². The van der Waals surface area contributed by atoms with Gasteiger partial charge in [0, 0.05) is 4.88 Å². The van der Waals surface area contributed by atoms with Gasteiger partial charge in [0.2, 0.25) is 5.91 Å². The van der Waals surface area contributed by atoms with Gasteiger partial charge in [0.1, 0.15) is 17.2 Å². The lowest BCUT2D eigenvalue weighted by atomic mass is 10.2. The van der Waals surface area contributed by atoms with Crippen molar-refractivity contribution in [1.29, 1.82) is 0 Å². The summed E-state index contributed by atoms with van der Waals surface area (Å²) in [6.45, 7) is 4.04. The fourth-order valence-electron chi connectivity index (χ4n) is 3.15. The van der Waals surface area contributed by atoms with E-state index in [0.717, 1.165) is 10.4 Å². The lowest BCUT2D eigenvalue weighted by molar-refractivity contribution is -0.116. The Morgan fingerprint density at radius 1 is 1.23 bits per heavy atom. The number of hydrogen-bond acceptors (Lipinski definition) is 7. The largest absolute Gasteiger partial charge is 0.465 e. The first-order valence-corrected chi connectivity index (χ1v) is 10.2. The zero-order valence-corrected chi connectivity index (χ0v) is 18.4. The van der Waals surface area contributed by atoms with E-state index < -0.39 is 11.9 Å². The molecule has 0 bridgehead atoms. The highest BCUT2D eigenvalue weighted by Gasteiger charge is 2.20. The number of fused-ring (bicyclic) bond motifs is 1. The molecule has 1 N–H and O–H groups in total. The molecular weight excluding hydrogens is 404 g/mol. The summed E-state index contributed by atoms with van der Waals surface area (Å²) in [5.41, 5.74) is 1.21. The second kappa shape index (κ2) is 8.76. The third kappa shape index (κ3) is 4.27. The summed E-state index contributed by atoms with van der Waals surface area (Å²) in [5, 5.41) is 3.26. The van der Waals surface area contributed by atoms with Crippen molar-refractivity contribution in [1.82, 2.24) is 14.5 Å². The quantitative estimate of drug-likeness (QED) is 0.607. The number of carbonyl (C=O) groups is 2. The number of thiophene rings is 1. The molecule has 8 nitrogen and oxygen atoms in total. The second-order valence-electron chi connectivity index (χ2n) is 7.21. The maximum Gasteiger partial charge on any atom is 0.339 e. The van der Waals surface area contributed by atoms with Crippen LogP contribution >= 0.6 is 11.3 Å². The van der Waals surface area contributed by atoms with E-state index in [9.17, 15) is 14.4 Å². The standard InChI is InChI=1S/C21H24N4O4S/c1-12-13(2)30-19-18(12)20(27)25(16(23-19)10-24(3)4)11-17(26)22-15-9-7-6-8-14(15)21(28)29-5/h6-9H,10-11H2,1-5H3,(H,22,26). The monoisotopic (exact) mass is 428 g/mol. The van der Waals surface area contributed by atoms with E-state index in [2.05, 4.69) is 10.3 Å². The first kappa shape index (κ1) is 21.7. The van der Waals surface area contributed by atoms with Crippen molar-refractivity contribution >= 4 is 39.1 Å². The molecule has 0 saturated heterocycles. The first-order valence-electron chi connectivity index (χ1n) is 9.34. The fourth-order valence-corrected chi connectivity index (χ4v) is 4.19. The minimum Gasteiger partial charge on any atom is -0.465 e. The summed E-state index contributed by atoms with van der Waals surface area (Å²) >= 11 is 1.48. The van der Waals surface area contributed by atoms with Gasteiger partial charge in [-0.15, -0.1) is 11.3 Å². The van der Waals surface area contributed by atoms with Crippen LogP contribution in [0.3, 0.4) is 0 Å². The number of para-hydroxylation sites is 1. The number of ether oxygens (including phenoxy) is 1. The van der Waals surface area contributed by atoms with Gasteiger partial charge in [-0.1, -0.05) is 12.1 Å². The van der Waals surface area contributed by atoms with E-state index in [-0.39, 0.29) is 17.7 Å². The van der Waals surface area contributed by atoms with Gasteiger partial charge in [-0.2, -0.15) is 0 Å². The van der Waals surface area contributed by atoms with Crippen LogP contribution in [0, 0.1) is 13.8 Å². The number of amides is 1. The van der Waals surface area contributed by atoms with Crippen LogP contribution in [0.1, 0.15) is 26.6 Å². The Hall–Kier alpha value is -3.04. The highest BCUT2D eigenvalue weighted by atomic mass is 32.1. The molecular formula is C21H24N4O4S. The molecule has 9 heteroatoms. The summed E-state index contributed by atoms with van der Waals surface area (Å²) in [6, 6.07) is 6.57. The van der Waals surface area contributed by atoms with Crippen molar-refractivity contribution in [3.8, 4) is 0 Å². The number of aromatic nitrogens is 2. The van der Waals surface area contributed by atoms with E-state index in [1.54, 1.807) is 24.3 Å². The molecule has 2 aromatic heterocycles. The van der Waals surface area contributed by atoms with Gasteiger partial charge in [-0.05, 0) is 45.6 Å². The van der Waals surface area contributed by atoms with Gasteiger partial charge in [0.25, 0.3) is 5.56 Å². The van der Waals surface area contributed by atoms with E-state index >= 15 is 0 Å². The third-order valence-corrected chi connectivity index (χ3v) is 5.83. The number of rotatable bonds is 6. The predicted molar refractivity (Wildman–Crippen MR) is 117 cm³/mol. The molecule has 0 atom stereocenters. The first-order chi connectivity index (χ1) is 14.2. The highest BCUT2D eigenvalue weighted by molar-refractivity contribution is 7.18. The molecule has 1 aromatic carbocycles. The zero-order valence-electron chi connectivity index (χ0n) is 17.6. The van der Waals surface area contributed by atoms with Crippen LogP contribution in [-0.4, -0.2) is 47.5 Å². The molecule has 2 heterocycles. The number of benzene rings is 1. The maximum atomic E-state index is 13.2. The Kier molecular flexibility index (Phi) is 6.33. The Morgan fingerprint density at radius 2 is 1.93 bits per heavy atom. The van der Waals surface area contributed by atoms with Gasteiger partial charge in [0.15, 0.2) is 0 Å². The lowest BCUT2D eigenvalue weighted by Crippen LogP contribution is -2.33. The van der Waals surface area contributed by atoms with Crippen molar-refractivity contribution in [2.75, 3.05) is 26.5 Å². The van der Waals surface area contributed by atoms with Crippen molar-refractivity contribution < 1.29 is 14.3 Å². The van der Waals surface area contributed by atoms with E-state index in [0.29, 0.717) is 28.3 Å². The van der Waals surface area contributed by atoms with Crippen molar-refractivity contribution in [2.24, 2.45) is 0 Å². The van der Waals surface area contributed by atoms with Gasteiger partial charge < -0.3 is 15.0 Å². The van der Waals surface area contributed by atoms with Crippen LogP contribution in [0.2, 0.25) is 0 Å². The van der Waals surface area contributed by atoms with Crippen LogP contribution in [0.5, 0.6) is 0 Å². The van der Waals surface area contributed by atoms with Crippen LogP contribution in [0.15, 0.2) is 29.1 Å². The zero-order chi connectivity index (χ0) is 22.0. The molecule has 0 radical (unpaired) electrons. The molecule has 1 amide bonds. The van der Waals surface area contributed by atoms with E-state index in [1.165, 1.54) is 23.0 Å². The van der Waals surface area contributed by atoms with Crippen molar-refractivity contribution in [3.63, 3.8) is 0 Å². The molecule has 0 unspecified atom stereocenters. The molecule has 30 heavy (non-hydrogen) atoms. The maximum absolute atomic E-state index is 13.2. The summed E-state index contributed by atoms with van der Waals surface area (Å²) < 4.78 is 6.16. The summed E-state index contributed by atoms with van der Waals surface area (Å²) in [4.78, 5) is 46.2. The van der Waals surface area contributed by atoms with Crippen molar-refractivity contribution in [3.05, 3.63) is 56.4 Å². The number of aryl methyl sites for hydroxylation is 2. The Morgan fingerprint density at radius 3 is 2.60 bits per heavy atom. The molecule has 0 aliphatic rings. The number of hydrogen-bond donors (Lipinski definition) is 1. The number of esters is 1. The third-order valence-electron chi connectivity index (χ3n) is 4.73. The molecule has 3 rings (SSSR count). The van der Waals surface area contributed by atoms with Gasteiger partial charge in [-0.3, -0.25) is 14.2 Å². The molecule has 158 valence electrons. The topological polar surface area (TPSA) is 93.5 Å². The van der Waals surface area contributed by atoms with Gasteiger partial charge in [0.05, 0.1) is 30.3 Å². The summed E-state index contributed by atoms with van der Waals surface area (Å²) in [6.07, 6.45) is 0. The normalized spacial score (nSPS) is 11.1. The second-order valence-corrected chi connectivity index (χ2v) is 8.41. The minimum absolute atomic E-state index is 0.214. The number of anilines is 1. The van der Waals surface area contributed by atoms with Crippen LogP contribution < -0.4 is 10.9 Å². The number of carbonyl (C=O) groups excluding carboxylic acids is 2. The minimum atomic E-state index is -0.552. The van der Waals surface area contributed by atoms with Crippen LogP contribution in [0.25, 0.3) is 10.2 Å². The summed E-state index contributed by atoms with van der Waals surface area (Å²) in [5.74, 6) is -0.474. The number of nitrogens with one attached hydrogen (secondary N) is 1. The highest BCUT2D eigenvalue weighted by Crippen LogP contribution is 2.26. The van der Waals surface area contributed by atoms with Crippen molar-refractivity contribution in [2.45, 2.75) is 26.9 Å².